The van der Waals surface area contributed by atoms with E-state index in [9.17, 15) is 4.79 Å². The van der Waals surface area contributed by atoms with Gasteiger partial charge in [0.05, 0.1) is 19.3 Å². The molecule has 0 aliphatic rings. The third-order valence-corrected chi connectivity index (χ3v) is 4.46. The summed E-state index contributed by atoms with van der Waals surface area (Å²) in [5.41, 5.74) is 4.56. The highest BCUT2D eigenvalue weighted by molar-refractivity contribution is 5.75. The first-order valence-corrected chi connectivity index (χ1v) is 10.1. The van der Waals surface area contributed by atoms with Gasteiger partial charge in [-0.3, -0.25) is 4.79 Å². The number of hydrogen-bond acceptors (Lipinski definition) is 3. The smallest absolute Gasteiger partial charge is 0.220 e. The number of amides is 1. The lowest BCUT2D eigenvalue weighted by Gasteiger charge is -2.11. The second-order valence-electron chi connectivity index (χ2n) is 7.53. The second kappa shape index (κ2) is 11.5. The molecule has 1 N–H and O–H groups in total. The van der Waals surface area contributed by atoms with Gasteiger partial charge in [0.2, 0.25) is 5.91 Å². The van der Waals surface area contributed by atoms with E-state index in [0.29, 0.717) is 26.2 Å². The summed E-state index contributed by atoms with van der Waals surface area (Å²) in [5, 5.41) is 3.00. The summed E-state index contributed by atoms with van der Waals surface area (Å²) in [6.45, 7) is 9.94. The van der Waals surface area contributed by atoms with Crippen LogP contribution in [0.25, 0.3) is 0 Å². The molecule has 0 fully saturated rings. The average Bonchev–Trinajstić information content (AvgIpc) is 2.67. The van der Waals surface area contributed by atoms with Crippen LogP contribution in [0.15, 0.2) is 42.5 Å². The van der Waals surface area contributed by atoms with Crippen LogP contribution in [0.5, 0.6) is 5.75 Å². The lowest BCUT2D eigenvalue weighted by molar-refractivity contribution is -0.121. The summed E-state index contributed by atoms with van der Waals surface area (Å²) < 4.78 is 11.5. The minimum absolute atomic E-state index is 0.0792. The van der Waals surface area contributed by atoms with E-state index in [1.807, 2.05) is 39.0 Å². The van der Waals surface area contributed by atoms with Crippen LogP contribution in [-0.4, -0.2) is 18.6 Å². The maximum Gasteiger partial charge on any atom is 0.220 e. The Morgan fingerprint density at radius 1 is 1.04 bits per heavy atom. The molecule has 4 nitrogen and oxygen atoms in total. The molecule has 0 spiro atoms. The first-order chi connectivity index (χ1) is 13.4. The van der Waals surface area contributed by atoms with E-state index in [-0.39, 0.29) is 12.0 Å². The van der Waals surface area contributed by atoms with Gasteiger partial charge in [-0.2, -0.15) is 0 Å². The standard InChI is InChI=1S/C24H33NO3/c1-18(2)28-17-22-9-7-8-21(15-22)16-25-24(26)10-5-6-13-27-23-14-19(3)11-12-20(23)4/h7-9,11-12,14-15,18H,5-6,10,13,16-17H2,1-4H3,(H,25,26). The monoisotopic (exact) mass is 383 g/mol. The lowest BCUT2D eigenvalue weighted by Crippen LogP contribution is -2.22. The van der Waals surface area contributed by atoms with Crippen molar-refractivity contribution in [1.82, 2.24) is 5.32 Å². The van der Waals surface area contributed by atoms with Gasteiger partial charge in [-0.15, -0.1) is 0 Å². The molecule has 0 aliphatic heterocycles. The fourth-order valence-corrected chi connectivity index (χ4v) is 2.81. The van der Waals surface area contributed by atoms with Crippen LogP contribution in [0, 0.1) is 13.8 Å². The molecule has 28 heavy (non-hydrogen) atoms. The third-order valence-electron chi connectivity index (χ3n) is 4.46. The van der Waals surface area contributed by atoms with Crippen molar-refractivity contribution in [3.63, 3.8) is 0 Å². The van der Waals surface area contributed by atoms with Crippen LogP contribution >= 0.6 is 0 Å². The molecule has 2 aromatic carbocycles. The Labute approximate surface area is 169 Å². The molecule has 0 saturated heterocycles. The van der Waals surface area contributed by atoms with E-state index < -0.39 is 0 Å². The molecule has 0 atom stereocenters. The fraction of sp³-hybridized carbons (Fsp3) is 0.458. The van der Waals surface area contributed by atoms with Crippen LogP contribution < -0.4 is 10.1 Å². The molecule has 0 saturated carbocycles. The van der Waals surface area contributed by atoms with Gasteiger partial charge in [-0.05, 0) is 68.9 Å². The highest BCUT2D eigenvalue weighted by Crippen LogP contribution is 2.19. The number of ether oxygens (including phenoxy) is 2. The molecular weight excluding hydrogens is 350 g/mol. The normalized spacial score (nSPS) is 10.9. The molecule has 2 aromatic rings. The van der Waals surface area contributed by atoms with Gasteiger partial charge in [0.25, 0.3) is 0 Å². The maximum absolute atomic E-state index is 12.1. The topological polar surface area (TPSA) is 47.6 Å². The summed E-state index contributed by atoms with van der Waals surface area (Å²) in [6, 6.07) is 14.4. The van der Waals surface area contributed by atoms with Gasteiger partial charge in [0.1, 0.15) is 5.75 Å². The predicted octanol–water partition coefficient (Wildman–Crippen LogP) is 5.09. The SMILES string of the molecule is Cc1ccc(C)c(OCCCCC(=O)NCc2cccc(COC(C)C)c2)c1. The fourth-order valence-electron chi connectivity index (χ4n) is 2.81. The molecular formula is C24H33NO3. The molecule has 0 bridgehead atoms. The van der Waals surface area contributed by atoms with E-state index in [2.05, 4.69) is 36.5 Å². The third kappa shape index (κ3) is 8.13. The van der Waals surface area contributed by atoms with E-state index in [0.717, 1.165) is 35.3 Å². The van der Waals surface area contributed by atoms with Crippen LogP contribution in [-0.2, 0) is 22.7 Å². The number of hydrogen-bond donors (Lipinski definition) is 1. The molecule has 4 heteroatoms. The number of rotatable bonds is 11. The molecule has 0 radical (unpaired) electrons. The number of aryl methyl sites for hydroxylation is 2. The van der Waals surface area contributed by atoms with Gasteiger partial charge in [-0.25, -0.2) is 0 Å². The van der Waals surface area contributed by atoms with E-state index in [1.165, 1.54) is 5.56 Å². The van der Waals surface area contributed by atoms with Crippen LogP contribution in [0.2, 0.25) is 0 Å². The molecule has 0 heterocycles. The molecule has 152 valence electrons. The Bertz CT molecular complexity index is 755. The van der Waals surface area contributed by atoms with Crippen molar-refractivity contribution in [1.29, 1.82) is 0 Å². The Morgan fingerprint density at radius 2 is 1.82 bits per heavy atom. The van der Waals surface area contributed by atoms with Gasteiger partial charge >= 0.3 is 0 Å². The average molecular weight is 384 g/mol. The van der Waals surface area contributed by atoms with Gasteiger partial charge in [-0.1, -0.05) is 36.4 Å². The second-order valence-corrected chi connectivity index (χ2v) is 7.53. The Morgan fingerprint density at radius 3 is 2.61 bits per heavy atom. The first-order valence-electron chi connectivity index (χ1n) is 10.1. The zero-order chi connectivity index (χ0) is 20.4. The summed E-state index contributed by atoms with van der Waals surface area (Å²) in [7, 11) is 0. The zero-order valence-corrected chi connectivity index (χ0v) is 17.6. The highest BCUT2D eigenvalue weighted by atomic mass is 16.5. The zero-order valence-electron chi connectivity index (χ0n) is 17.6. The van der Waals surface area contributed by atoms with Gasteiger partial charge < -0.3 is 14.8 Å². The van der Waals surface area contributed by atoms with Crippen LogP contribution in [0.3, 0.4) is 0 Å². The quantitative estimate of drug-likeness (QED) is 0.550. The molecule has 2 rings (SSSR count). The predicted molar refractivity (Wildman–Crippen MR) is 113 cm³/mol. The maximum atomic E-state index is 12.1. The number of unbranched alkanes of at least 4 members (excludes halogenated alkanes) is 1. The summed E-state index contributed by atoms with van der Waals surface area (Å²) in [6.07, 6.45) is 2.41. The summed E-state index contributed by atoms with van der Waals surface area (Å²) in [5.74, 6) is 1.02. The van der Waals surface area contributed by atoms with E-state index in [4.69, 9.17) is 9.47 Å². The number of carbonyl (C=O) groups is 1. The van der Waals surface area contributed by atoms with Crippen molar-refractivity contribution in [3.8, 4) is 5.75 Å². The minimum Gasteiger partial charge on any atom is -0.493 e. The van der Waals surface area contributed by atoms with Crippen molar-refractivity contribution >= 4 is 5.91 Å². The van der Waals surface area contributed by atoms with Crippen LogP contribution in [0.1, 0.15) is 55.4 Å². The minimum atomic E-state index is 0.0792. The van der Waals surface area contributed by atoms with E-state index >= 15 is 0 Å². The first kappa shape index (κ1) is 22.0. The Hall–Kier alpha value is -2.33. The lowest BCUT2D eigenvalue weighted by atomic mass is 10.1. The molecule has 0 unspecified atom stereocenters. The number of benzene rings is 2. The van der Waals surface area contributed by atoms with Crippen molar-refractivity contribution < 1.29 is 14.3 Å². The largest absolute Gasteiger partial charge is 0.493 e. The summed E-state index contributed by atoms with van der Waals surface area (Å²) >= 11 is 0. The number of nitrogens with one attached hydrogen (secondary N) is 1. The number of carbonyl (C=O) groups excluding carboxylic acids is 1. The van der Waals surface area contributed by atoms with Crippen molar-refractivity contribution in [2.75, 3.05) is 6.61 Å². The molecule has 1 amide bonds. The van der Waals surface area contributed by atoms with Crippen LogP contribution in [0.4, 0.5) is 0 Å². The van der Waals surface area contributed by atoms with Gasteiger partial charge in [0, 0.05) is 13.0 Å². The van der Waals surface area contributed by atoms with Gasteiger partial charge in [0.15, 0.2) is 0 Å². The Kier molecular flexibility index (Phi) is 9.02. The molecule has 0 aromatic heterocycles. The van der Waals surface area contributed by atoms with Crippen molar-refractivity contribution in [2.45, 2.75) is 66.2 Å². The van der Waals surface area contributed by atoms with Crippen molar-refractivity contribution in [3.05, 3.63) is 64.7 Å². The van der Waals surface area contributed by atoms with E-state index in [1.54, 1.807) is 0 Å². The molecule has 0 aliphatic carbocycles. The van der Waals surface area contributed by atoms with Crippen molar-refractivity contribution in [2.24, 2.45) is 0 Å². The summed E-state index contributed by atoms with van der Waals surface area (Å²) in [4.78, 5) is 12.1. The highest BCUT2D eigenvalue weighted by Gasteiger charge is 2.04. The Balaban J connectivity index is 1.63.